The molecule has 1 unspecified atom stereocenters. The van der Waals surface area contributed by atoms with Crippen molar-refractivity contribution in [2.75, 3.05) is 5.32 Å². The second-order valence-electron chi connectivity index (χ2n) is 3.88. The van der Waals surface area contributed by atoms with Crippen molar-refractivity contribution in [2.45, 2.75) is 12.5 Å². The van der Waals surface area contributed by atoms with E-state index < -0.39 is 6.04 Å². The number of nitrogens with one attached hydrogen (secondary N) is 1. The van der Waals surface area contributed by atoms with E-state index in [-0.39, 0.29) is 12.3 Å². The number of carbonyl (C=O) groups is 1. The van der Waals surface area contributed by atoms with Crippen LogP contribution >= 0.6 is 0 Å². The van der Waals surface area contributed by atoms with Gasteiger partial charge in [-0.15, -0.1) is 12.3 Å². The van der Waals surface area contributed by atoms with Crippen molar-refractivity contribution in [3.8, 4) is 12.3 Å². The van der Waals surface area contributed by atoms with Gasteiger partial charge in [-0.25, -0.2) is 0 Å². The Morgan fingerprint density at radius 3 is 3.00 bits per heavy atom. The molecule has 0 aliphatic carbocycles. The average molecular weight is 239 g/mol. The van der Waals surface area contributed by atoms with Crippen molar-refractivity contribution in [1.82, 2.24) is 4.98 Å². The van der Waals surface area contributed by atoms with Gasteiger partial charge in [0.25, 0.3) is 0 Å². The zero-order valence-corrected chi connectivity index (χ0v) is 9.76. The lowest BCUT2D eigenvalue weighted by Gasteiger charge is -2.11. The van der Waals surface area contributed by atoms with Crippen LogP contribution in [0.5, 0.6) is 0 Å². The lowest BCUT2D eigenvalue weighted by Crippen LogP contribution is -2.35. The van der Waals surface area contributed by atoms with Gasteiger partial charge in [0, 0.05) is 18.0 Å². The number of amides is 1. The Balaban J connectivity index is 2.27. The van der Waals surface area contributed by atoms with Crippen molar-refractivity contribution in [1.29, 1.82) is 0 Å². The minimum atomic E-state index is -0.700. The van der Waals surface area contributed by atoms with Crippen LogP contribution in [0.1, 0.15) is 6.42 Å². The molecular formula is C14H13N3O. The molecule has 1 heterocycles. The summed E-state index contributed by atoms with van der Waals surface area (Å²) in [7, 11) is 0. The summed E-state index contributed by atoms with van der Waals surface area (Å²) in [6, 6.07) is 8.65. The van der Waals surface area contributed by atoms with E-state index in [1.807, 2.05) is 24.3 Å². The van der Waals surface area contributed by atoms with E-state index in [0.29, 0.717) is 5.69 Å². The van der Waals surface area contributed by atoms with Crippen molar-refractivity contribution in [2.24, 2.45) is 5.73 Å². The fraction of sp³-hybridized carbons (Fsp3) is 0.143. The molecule has 0 spiro atoms. The molecule has 0 fully saturated rings. The van der Waals surface area contributed by atoms with Gasteiger partial charge in [0.1, 0.15) is 0 Å². The summed E-state index contributed by atoms with van der Waals surface area (Å²) in [5.74, 6) is 2.07. The Morgan fingerprint density at radius 2 is 2.22 bits per heavy atom. The highest BCUT2D eigenvalue weighted by Gasteiger charge is 2.13. The summed E-state index contributed by atoms with van der Waals surface area (Å²) < 4.78 is 0. The first-order chi connectivity index (χ1) is 8.72. The van der Waals surface area contributed by atoms with Crippen LogP contribution in [-0.4, -0.2) is 16.9 Å². The first-order valence-corrected chi connectivity index (χ1v) is 5.56. The van der Waals surface area contributed by atoms with E-state index in [4.69, 9.17) is 12.2 Å². The molecule has 0 saturated heterocycles. The number of pyridine rings is 1. The molecule has 90 valence electrons. The van der Waals surface area contributed by atoms with E-state index in [1.165, 1.54) is 0 Å². The van der Waals surface area contributed by atoms with Gasteiger partial charge in [0.15, 0.2) is 0 Å². The van der Waals surface area contributed by atoms with Crippen molar-refractivity contribution in [3.05, 3.63) is 36.5 Å². The summed E-state index contributed by atoms with van der Waals surface area (Å²) in [6.45, 7) is 0. The van der Waals surface area contributed by atoms with Crippen molar-refractivity contribution in [3.63, 3.8) is 0 Å². The number of aromatic nitrogens is 1. The van der Waals surface area contributed by atoms with Crippen LogP contribution in [-0.2, 0) is 4.79 Å². The molecule has 0 aliphatic heterocycles. The Morgan fingerprint density at radius 1 is 1.44 bits per heavy atom. The van der Waals surface area contributed by atoms with Gasteiger partial charge in [-0.3, -0.25) is 9.78 Å². The monoisotopic (exact) mass is 239 g/mol. The quantitative estimate of drug-likeness (QED) is 0.798. The van der Waals surface area contributed by atoms with Crippen molar-refractivity contribution >= 4 is 22.5 Å². The molecule has 1 aromatic heterocycles. The molecule has 1 amide bonds. The number of rotatable bonds is 3. The predicted molar refractivity (Wildman–Crippen MR) is 71.8 cm³/mol. The van der Waals surface area contributed by atoms with Crippen LogP contribution in [0.2, 0.25) is 0 Å². The normalized spacial score (nSPS) is 11.8. The summed E-state index contributed by atoms with van der Waals surface area (Å²) in [4.78, 5) is 16.0. The maximum atomic E-state index is 11.8. The standard InChI is InChI=1S/C14H13N3O/c1-2-5-11(15)14(18)17-12-8-3-6-10-7-4-9-16-13(10)12/h1,3-4,6-9,11H,5,15H2,(H,17,18). The number of nitrogens with two attached hydrogens (primary N) is 1. The Kier molecular flexibility index (Phi) is 3.56. The molecule has 1 aromatic carbocycles. The summed E-state index contributed by atoms with van der Waals surface area (Å²) in [5, 5.41) is 3.71. The maximum Gasteiger partial charge on any atom is 0.242 e. The smallest absolute Gasteiger partial charge is 0.242 e. The van der Waals surface area contributed by atoms with Gasteiger partial charge in [0.05, 0.1) is 17.2 Å². The maximum absolute atomic E-state index is 11.8. The topological polar surface area (TPSA) is 68.0 Å². The highest BCUT2D eigenvalue weighted by atomic mass is 16.2. The minimum Gasteiger partial charge on any atom is -0.323 e. The van der Waals surface area contributed by atoms with Crippen LogP contribution in [0, 0.1) is 12.3 Å². The summed E-state index contributed by atoms with van der Waals surface area (Å²) >= 11 is 0. The number of para-hydroxylation sites is 1. The second-order valence-corrected chi connectivity index (χ2v) is 3.88. The van der Waals surface area contributed by atoms with Gasteiger partial charge in [-0.1, -0.05) is 18.2 Å². The first-order valence-electron chi connectivity index (χ1n) is 5.56. The molecule has 2 aromatic rings. The molecule has 1 atom stereocenters. The number of anilines is 1. The molecule has 4 heteroatoms. The van der Waals surface area contributed by atoms with Gasteiger partial charge >= 0.3 is 0 Å². The number of nitrogens with zero attached hydrogens (tertiary/aromatic N) is 1. The molecule has 3 N–H and O–H groups in total. The lowest BCUT2D eigenvalue weighted by atomic mass is 10.1. The number of fused-ring (bicyclic) bond motifs is 1. The number of terminal acetylenes is 1. The van der Waals surface area contributed by atoms with Gasteiger partial charge in [0.2, 0.25) is 5.91 Å². The van der Waals surface area contributed by atoms with E-state index in [1.54, 1.807) is 12.3 Å². The van der Waals surface area contributed by atoms with Crippen LogP contribution < -0.4 is 11.1 Å². The van der Waals surface area contributed by atoms with Crippen LogP contribution in [0.25, 0.3) is 10.9 Å². The van der Waals surface area contributed by atoms with E-state index in [9.17, 15) is 4.79 Å². The zero-order chi connectivity index (χ0) is 13.0. The molecule has 0 aliphatic rings. The van der Waals surface area contributed by atoms with Crippen LogP contribution in [0.15, 0.2) is 36.5 Å². The lowest BCUT2D eigenvalue weighted by molar-refractivity contribution is -0.117. The van der Waals surface area contributed by atoms with Gasteiger partial charge < -0.3 is 11.1 Å². The average Bonchev–Trinajstić information content (AvgIpc) is 2.39. The summed E-state index contributed by atoms with van der Waals surface area (Å²) in [5.41, 5.74) is 7.03. The Labute approximate surface area is 105 Å². The third-order valence-corrected chi connectivity index (χ3v) is 2.57. The van der Waals surface area contributed by atoms with Gasteiger partial charge in [-0.05, 0) is 12.1 Å². The Bertz CT molecular complexity index is 610. The SMILES string of the molecule is C#CCC(N)C(=O)Nc1cccc2cccnc12. The fourth-order valence-corrected chi connectivity index (χ4v) is 1.65. The third-order valence-electron chi connectivity index (χ3n) is 2.57. The largest absolute Gasteiger partial charge is 0.323 e. The molecule has 0 saturated carbocycles. The Hall–Kier alpha value is -2.38. The number of hydrogen-bond acceptors (Lipinski definition) is 3. The minimum absolute atomic E-state index is 0.212. The second kappa shape index (κ2) is 5.30. The van der Waals surface area contributed by atoms with Crippen molar-refractivity contribution < 1.29 is 4.79 Å². The fourth-order valence-electron chi connectivity index (χ4n) is 1.65. The molecular weight excluding hydrogens is 226 g/mol. The molecule has 0 bridgehead atoms. The number of hydrogen-bond donors (Lipinski definition) is 2. The van der Waals surface area contributed by atoms with E-state index in [2.05, 4.69) is 16.2 Å². The van der Waals surface area contributed by atoms with Crippen LogP contribution in [0.4, 0.5) is 5.69 Å². The molecule has 0 radical (unpaired) electrons. The van der Waals surface area contributed by atoms with E-state index in [0.717, 1.165) is 10.9 Å². The number of benzene rings is 1. The summed E-state index contributed by atoms with van der Waals surface area (Å²) in [6.07, 6.45) is 7.02. The highest BCUT2D eigenvalue weighted by molar-refractivity contribution is 6.02. The zero-order valence-electron chi connectivity index (χ0n) is 9.76. The predicted octanol–water partition coefficient (Wildman–Crippen LogP) is 1.52. The first kappa shape index (κ1) is 12.1. The number of carbonyl (C=O) groups excluding carboxylic acids is 1. The van der Waals surface area contributed by atoms with Crippen LogP contribution in [0.3, 0.4) is 0 Å². The molecule has 2 rings (SSSR count). The van der Waals surface area contributed by atoms with E-state index >= 15 is 0 Å². The van der Waals surface area contributed by atoms with Gasteiger partial charge in [-0.2, -0.15) is 0 Å². The molecule has 18 heavy (non-hydrogen) atoms. The molecule has 4 nitrogen and oxygen atoms in total. The third kappa shape index (κ3) is 2.47. The highest BCUT2D eigenvalue weighted by Crippen LogP contribution is 2.20.